The number of rotatable bonds is 11. The number of hydrogen-bond acceptors (Lipinski definition) is 6. The van der Waals surface area contributed by atoms with Crippen molar-refractivity contribution in [3.63, 3.8) is 0 Å². The Morgan fingerprint density at radius 1 is 1.08 bits per heavy atom. The molecule has 36 heavy (non-hydrogen) atoms. The number of sulfonamides is 1. The zero-order valence-corrected chi connectivity index (χ0v) is 21.7. The van der Waals surface area contributed by atoms with Crippen molar-refractivity contribution in [2.24, 2.45) is 5.92 Å². The molecule has 1 N–H and O–H groups in total. The van der Waals surface area contributed by atoms with Crippen molar-refractivity contribution in [1.29, 1.82) is 0 Å². The van der Waals surface area contributed by atoms with Gasteiger partial charge in [0.05, 0.1) is 11.4 Å². The summed E-state index contributed by atoms with van der Waals surface area (Å²) in [4.78, 5) is 27.6. The van der Waals surface area contributed by atoms with Crippen LogP contribution < -0.4 is 19.1 Å². The number of fused-ring (bicyclic) bond motifs is 1. The van der Waals surface area contributed by atoms with Crippen LogP contribution in [0.4, 0.5) is 10.1 Å². The number of nitrogens with zero attached hydrogens (tertiary/aromatic N) is 2. The minimum atomic E-state index is -3.89. The number of hydrogen-bond donors (Lipinski definition) is 1. The Morgan fingerprint density at radius 3 is 2.44 bits per heavy atom. The Morgan fingerprint density at radius 2 is 1.78 bits per heavy atom. The van der Waals surface area contributed by atoms with Crippen LogP contribution in [0.3, 0.4) is 0 Å². The van der Waals surface area contributed by atoms with Gasteiger partial charge in [-0.1, -0.05) is 32.0 Å². The fourth-order valence-corrected chi connectivity index (χ4v) is 4.66. The molecule has 0 unspecified atom stereocenters. The van der Waals surface area contributed by atoms with Crippen LogP contribution in [-0.4, -0.2) is 56.8 Å². The molecule has 11 heteroatoms. The highest BCUT2D eigenvalue weighted by Crippen LogP contribution is 2.36. The fraction of sp³-hybridized carbons (Fsp3) is 0.440. The van der Waals surface area contributed by atoms with E-state index in [-0.39, 0.29) is 36.3 Å². The molecule has 0 aliphatic carbocycles. The number of halogens is 1. The van der Waals surface area contributed by atoms with E-state index in [1.54, 1.807) is 12.1 Å². The lowest BCUT2D eigenvalue weighted by Crippen LogP contribution is -2.51. The predicted octanol–water partition coefficient (Wildman–Crippen LogP) is 2.90. The van der Waals surface area contributed by atoms with Gasteiger partial charge in [0.2, 0.25) is 28.6 Å². The first-order valence-corrected chi connectivity index (χ1v) is 13.3. The third-order valence-corrected chi connectivity index (χ3v) is 7.52. The summed E-state index contributed by atoms with van der Waals surface area (Å²) in [7, 11) is -3.89. The first kappa shape index (κ1) is 27.3. The van der Waals surface area contributed by atoms with E-state index in [4.69, 9.17) is 9.47 Å². The van der Waals surface area contributed by atoms with E-state index in [2.05, 4.69) is 5.32 Å². The van der Waals surface area contributed by atoms with Crippen molar-refractivity contribution >= 4 is 27.5 Å². The molecule has 0 radical (unpaired) electrons. The molecule has 0 saturated heterocycles. The van der Waals surface area contributed by atoms with Gasteiger partial charge in [-0.2, -0.15) is 0 Å². The molecule has 9 nitrogen and oxygen atoms in total. The molecule has 2 aromatic rings. The topological polar surface area (TPSA) is 105 Å². The summed E-state index contributed by atoms with van der Waals surface area (Å²) in [6, 6.07) is 9.55. The average molecular weight is 522 g/mol. The first-order chi connectivity index (χ1) is 17.0. The monoisotopic (exact) mass is 521 g/mol. The van der Waals surface area contributed by atoms with E-state index in [9.17, 15) is 22.4 Å². The number of benzene rings is 2. The second-order valence-corrected chi connectivity index (χ2v) is 11.1. The zero-order valence-electron chi connectivity index (χ0n) is 20.9. The highest BCUT2D eigenvalue weighted by molar-refractivity contribution is 7.92. The van der Waals surface area contributed by atoms with Gasteiger partial charge >= 0.3 is 0 Å². The van der Waals surface area contributed by atoms with Gasteiger partial charge in [0.25, 0.3) is 0 Å². The molecule has 0 bridgehead atoms. The van der Waals surface area contributed by atoms with E-state index in [1.807, 2.05) is 13.8 Å². The standard InChI is InChI=1S/C25H32FN3O6S/c1-5-36(32,33)29(20-10-11-22-23(12-20)35-16-34-22)15-24(30)28(14-19-8-6-7-9-21(19)26)18(4)25(31)27-13-17(2)3/h6-12,17-18H,5,13-16H2,1-4H3,(H,27,31)/t18-/m1/s1. The van der Waals surface area contributed by atoms with Crippen LogP contribution in [0.5, 0.6) is 11.5 Å². The summed E-state index contributed by atoms with van der Waals surface area (Å²) in [6.07, 6.45) is 0. The lowest BCUT2D eigenvalue weighted by Gasteiger charge is -2.32. The third-order valence-electron chi connectivity index (χ3n) is 5.77. The van der Waals surface area contributed by atoms with Crippen LogP contribution in [-0.2, 0) is 26.2 Å². The highest BCUT2D eigenvalue weighted by Gasteiger charge is 2.32. The van der Waals surface area contributed by atoms with Crippen molar-refractivity contribution in [2.45, 2.75) is 40.3 Å². The minimum Gasteiger partial charge on any atom is -0.454 e. The van der Waals surface area contributed by atoms with Crippen LogP contribution in [0.25, 0.3) is 0 Å². The molecular weight excluding hydrogens is 489 g/mol. The maximum atomic E-state index is 14.5. The molecule has 0 spiro atoms. The summed E-state index contributed by atoms with van der Waals surface area (Å²) in [5, 5.41) is 2.78. The van der Waals surface area contributed by atoms with Crippen molar-refractivity contribution in [2.75, 3.05) is 29.9 Å². The second kappa shape index (κ2) is 11.6. The maximum Gasteiger partial charge on any atom is 0.244 e. The Bertz CT molecular complexity index is 1200. The molecular formula is C25H32FN3O6S. The lowest BCUT2D eigenvalue weighted by atomic mass is 10.1. The molecule has 2 aromatic carbocycles. The number of anilines is 1. The molecule has 1 aliphatic rings. The lowest BCUT2D eigenvalue weighted by molar-refractivity contribution is -0.139. The second-order valence-electron chi connectivity index (χ2n) is 8.87. The molecule has 1 aliphatic heterocycles. The Hall–Kier alpha value is -3.34. The molecule has 1 heterocycles. The van der Waals surface area contributed by atoms with Gasteiger partial charge in [-0.3, -0.25) is 13.9 Å². The van der Waals surface area contributed by atoms with Gasteiger partial charge in [-0.05, 0) is 38.0 Å². The van der Waals surface area contributed by atoms with Gasteiger partial charge in [0.1, 0.15) is 18.4 Å². The van der Waals surface area contributed by atoms with Crippen molar-refractivity contribution < 1.29 is 31.9 Å². The van der Waals surface area contributed by atoms with E-state index in [0.29, 0.717) is 18.0 Å². The molecule has 0 fully saturated rings. The van der Waals surface area contributed by atoms with Crippen LogP contribution in [0.15, 0.2) is 42.5 Å². The highest BCUT2D eigenvalue weighted by atomic mass is 32.2. The average Bonchev–Trinajstić information content (AvgIpc) is 3.32. The number of ether oxygens (including phenoxy) is 2. The molecule has 1 atom stereocenters. The van der Waals surface area contributed by atoms with Crippen LogP contribution in [0.1, 0.15) is 33.3 Å². The predicted molar refractivity (Wildman–Crippen MR) is 134 cm³/mol. The van der Waals surface area contributed by atoms with Crippen molar-refractivity contribution in [3.05, 3.63) is 53.8 Å². The Balaban J connectivity index is 1.93. The molecule has 3 rings (SSSR count). The maximum absolute atomic E-state index is 14.5. The largest absolute Gasteiger partial charge is 0.454 e. The summed E-state index contributed by atoms with van der Waals surface area (Å²) < 4.78 is 52.1. The SMILES string of the molecule is CCS(=O)(=O)N(CC(=O)N(Cc1ccccc1F)[C@H](C)C(=O)NCC(C)C)c1ccc2c(c1)OCO2. The summed E-state index contributed by atoms with van der Waals surface area (Å²) in [6.45, 7) is 6.51. The first-order valence-electron chi connectivity index (χ1n) is 11.7. The summed E-state index contributed by atoms with van der Waals surface area (Å²) >= 11 is 0. The van der Waals surface area contributed by atoms with Gasteiger partial charge < -0.3 is 19.7 Å². The smallest absolute Gasteiger partial charge is 0.244 e. The Kier molecular flexibility index (Phi) is 8.78. The van der Waals surface area contributed by atoms with Crippen molar-refractivity contribution in [1.82, 2.24) is 10.2 Å². The van der Waals surface area contributed by atoms with E-state index >= 15 is 0 Å². The normalized spacial score (nSPS) is 13.4. The van der Waals surface area contributed by atoms with E-state index < -0.39 is 40.2 Å². The van der Waals surface area contributed by atoms with Gasteiger partial charge in [0, 0.05) is 24.7 Å². The molecule has 2 amide bonds. The van der Waals surface area contributed by atoms with E-state index in [0.717, 1.165) is 4.31 Å². The van der Waals surface area contributed by atoms with Gasteiger partial charge in [-0.25, -0.2) is 12.8 Å². The summed E-state index contributed by atoms with van der Waals surface area (Å²) in [5.74, 6) is -0.836. The zero-order chi connectivity index (χ0) is 26.5. The minimum absolute atomic E-state index is 0.0116. The Labute approximate surface area is 211 Å². The van der Waals surface area contributed by atoms with Crippen LogP contribution in [0.2, 0.25) is 0 Å². The van der Waals surface area contributed by atoms with Crippen LogP contribution >= 0.6 is 0 Å². The molecule has 0 aromatic heterocycles. The molecule has 0 saturated carbocycles. The van der Waals surface area contributed by atoms with Gasteiger partial charge in [-0.15, -0.1) is 0 Å². The summed E-state index contributed by atoms with van der Waals surface area (Å²) in [5.41, 5.74) is 0.430. The number of nitrogens with one attached hydrogen (secondary N) is 1. The molecule has 196 valence electrons. The van der Waals surface area contributed by atoms with E-state index in [1.165, 1.54) is 49.1 Å². The van der Waals surface area contributed by atoms with Crippen molar-refractivity contribution in [3.8, 4) is 11.5 Å². The fourth-order valence-electron chi connectivity index (χ4n) is 3.61. The number of carbonyl (C=O) groups is 2. The number of amides is 2. The quantitative estimate of drug-likeness (QED) is 0.488. The van der Waals surface area contributed by atoms with Crippen LogP contribution in [0, 0.1) is 11.7 Å². The number of carbonyl (C=O) groups excluding carboxylic acids is 2. The van der Waals surface area contributed by atoms with Gasteiger partial charge in [0.15, 0.2) is 11.5 Å². The third kappa shape index (κ3) is 6.45.